The largest absolute Gasteiger partial charge is 0.492 e. The van der Waals surface area contributed by atoms with Crippen LogP contribution in [0.15, 0.2) is 22.7 Å². The summed E-state index contributed by atoms with van der Waals surface area (Å²) in [6.45, 7) is 2.90. The minimum atomic E-state index is -0.309. The molecule has 0 N–H and O–H groups in total. The maximum Gasteiger partial charge on any atom is 0.338 e. The van der Waals surface area contributed by atoms with Crippen molar-refractivity contribution in [3.05, 3.63) is 28.2 Å². The smallest absolute Gasteiger partial charge is 0.338 e. The maximum absolute atomic E-state index is 11.6. The highest BCUT2D eigenvalue weighted by molar-refractivity contribution is 9.10. The van der Waals surface area contributed by atoms with E-state index in [4.69, 9.17) is 9.47 Å². The van der Waals surface area contributed by atoms with Crippen molar-refractivity contribution in [1.29, 1.82) is 0 Å². The van der Waals surface area contributed by atoms with Gasteiger partial charge in [-0.15, -0.1) is 0 Å². The van der Waals surface area contributed by atoms with Crippen LogP contribution in [0.25, 0.3) is 0 Å². The van der Waals surface area contributed by atoms with Gasteiger partial charge in [-0.3, -0.25) is 0 Å². The highest BCUT2D eigenvalue weighted by atomic mass is 79.9. The first-order valence-electron chi connectivity index (χ1n) is 5.80. The predicted molar refractivity (Wildman–Crippen MR) is 68.3 cm³/mol. The van der Waals surface area contributed by atoms with Crippen molar-refractivity contribution < 1.29 is 14.3 Å². The predicted octanol–water partition coefficient (Wildman–Crippen LogP) is 3.41. The first-order chi connectivity index (χ1) is 8.20. The highest BCUT2D eigenvalue weighted by Crippen LogP contribution is 2.32. The van der Waals surface area contributed by atoms with E-state index >= 15 is 0 Å². The normalized spacial score (nSPS) is 14.5. The Morgan fingerprint density at radius 3 is 2.88 bits per heavy atom. The summed E-state index contributed by atoms with van der Waals surface area (Å²) in [5.74, 6) is 1.09. The van der Waals surface area contributed by atoms with E-state index in [0.717, 1.165) is 11.1 Å². The van der Waals surface area contributed by atoms with Crippen LogP contribution in [0, 0.1) is 5.92 Å². The molecule has 0 saturated heterocycles. The molecule has 2 rings (SSSR count). The number of hydrogen-bond acceptors (Lipinski definition) is 3. The summed E-state index contributed by atoms with van der Waals surface area (Å²) in [6, 6.07) is 5.27. The van der Waals surface area contributed by atoms with E-state index in [-0.39, 0.29) is 5.97 Å². The van der Waals surface area contributed by atoms with Gasteiger partial charge in [0, 0.05) is 0 Å². The summed E-state index contributed by atoms with van der Waals surface area (Å²) in [4.78, 5) is 11.6. The quantitative estimate of drug-likeness (QED) is 0.782. The average Bonchev–Trinajstić information content (AvgIpc) is 3.12. The first-order valence-corrected chi connectivity index (χ1v) is 6.59. The Balaban J connectivity index is 2.07. The van der Waals surface area contributed by atoms with Crippen molar-refractivity contribution >= 4 is 21.9 Å². The number of carbonyl (C=O) groups excluding carboxylic acids is 1. The van der Waals surface area contributed by atoms with Crippen LogP contribution in [0.2, 0.25) is 0 Å². The zero-order chi connectivity index (χ0) is 12.3. The second-order valence-electron chi connectivity index (χ2n) is 4.12. The second-order valence-corrected chi connectivity index (χ2v) is 4.97. The van der Waals surface area contributed by atoms with Crippen molar-refractivity contribution in [1.82, 2.24) is 0 Å². The lowest BCUT2D eigenvalue weighted by atomic mass is 10.2. The Bertz CT molecular complexity index is 413. The molecule has 17 heavy (non-hydrogen) atoms. The van der Waals surface area contributed by atoms with Crippen LogP contribution in [-0.2, 0) is 4.74 Å². The van der Waals surface area contributed by atoms with Crippen LogP contribution in [-0.4, -0.2) is 19.2 Å². The molecule has 1 fully saturated rings. The van der Waals surface area contributed by atoms with Gasteiger partial charge in [0.2, 0.25) is 0 Å². The molecule has 0 bridgehead atoms. The van der Waals surface area contributed by atoms with Gasteiger partial charge in [-0.05, 0) is 59.8 Å². The van der Waals surface area contributed by atoms with Gasteiger partial charge in [0.1, 0.15) is 5.75 Å². The van der Waals surface area contributed by atoms with E-state index in [2.05, 4.69) is 15.9 Å². The summed E-state index contributed by atoms with van der Waals surface area (Å²) in [7, 11) is 0. The topological polar surface area (TPSA) is 35.5 Å². The van der Waals surface area contributed by atoms with Crippen molar-refractivity contribution in [2.75, 3.05) is 13.2 Å². The van der Waals surface area contributed by atoms with Gasteiger partial charge in [-0.25, -0.2) is 4.79 Å². The molecule has 4 heteroatoms. The SMILES string of the molecule is CCOC(=O)c1ccc(Br)c(OCC2CC2)c1. The second kappa shape index (κ2) is 5.54. The van der Waals surface area contributed by atoms with Crippen LogP contribution >= 0.6 is 15.9 Å². The molecule has 0 aromatic heterocycles. The van der Waals surface area contributed by atoms with Crippen molar-refractivity contribution in [2.24, 2.45) is 5.92 Å². The molecule has 0 amide bonds. The third-order valence-corrected chi connectivity index (χ3v) is 3.27. The molecular formula is C13H15BrO3. The van der Waals surface area contributed by atoms with Crippen molar-refractivity contribution in [3.8, 4) is 5.75 Å². The molecule has 0 aliphatic heterocycles. The van der Waals surface area contributed by atoms with Crippen molar-refractivity contribution in [2.45, 2.75) is 19.8 Å². The van der Waals surface area contributed by atoms with Gasteiger partial charge >= 0.3 is 5.97 Å². The van der Waals surface area contributed by atoms with E-state index < -0.39 is 0 Å². The Morgan fingerprint density at radius 1 is 1.47 bits per heavy atom. The van der Waals surface area contributed by atoms with Crippen LogP contribution < -0.4 is 4.74 Å². The minimum absolute atomic E-state index is 0.309. The van der Waals surface area contributed by atoms with E-state index in [1.807, 2.05) is 6.07 Å². The minimum Gasteiger partial charge on any atom is -0.492 e. The van der Waals surface area contributed by atoms with E-state index in [1.54, 1.807) is 19.1 Å². The molecular weight excluding hydrogens is 284 g/mol. The molecule has 3 nitrogen and oxygen atoms in total. The molecule has 0 spiro atoms. The lowest BCUT2D eigenvalue weighted by Crippen LogP contribution is -2.06. The third kappa shape index (κ3) is 3.46. The van der Waals surface area contributed by atoms with Gasteiger partial charge in [0.05, 0.1) is 23.2 Å². The van der Waals surface area contributed by atoms with Gasteiger partial charge in [0.25, 0.3) is 0 Å². The summed E-state index contributed by atoms with van der Waals surface area (Å²) in [6.07, 6.45) is 2.49. The fourth-order valence-electron chi connectivity index (χ4n) is 1.45. The summed E-state index contributed by atoms with van der Waals surface area (Å²) in [5, 5.41) is 0. The monoisotopic (exact) mass is 298 g/mol. The fraction of sp³-hybridized carbons (Fsp3) is 0.462. The fourth-order valence-corrected chi connectivity index (χ4v) is 1.81. The number of benzene rings is 1. The molecule has 0 unspecified atom stereocenters. The number of rotatable bonds is 5. The molecule has 1 aromatic rings. The van der Waals surface area contributed by atoms with Gasteiger partial charge in [-0.1, -0.05) is 0 Å². The third-order valence-electron chi connectivity index (χ3n) is 2.61. The van der Waals surface area contributed by atoms with Crippen molar-refractivity contribution in [3.63, 3.8) is 0 Å². The lowest BCUT2D eigenvalue weighted by molar-refractivity contribution is 0.0526. The van der Waals surface area contributed by atoms with E-state index in [1.165, 1.54) is 12.8 Å². The van der Waals surface area contributed by atoms with E-state index in [9.17, 15) is 4.79 Å². The first kappa shape index (κ1) is 12.4. The molecule has 1 aliphatic carbocycles. The Hall–Kier alpha value is -1.03. The van der Waals surface area contributed by atoms with Gasteiger partial charge < -0.3 is 9.47 Å². The Labute approximate surface area is 109 Å². The zero-order valence-corrected chi connectivity index (χ0v) is 11.3. The van der Waals surface area contributed by atoms with Crippen LogP contribution in [0.1, 0.15) is 30.1 Å². The number of carbonyl (C=O) groups is 1. The molecule has 0 atom stereocenters. The molecule has 1 aliphatic rings. The summed E-state index contributed by atoms with van der Waals surface area (Å²) < 4.78 is 11.5. The van der Waals surface area contributed by atoms with Gasteiger partial charge in [0.15, 0.2) is 0 Å². The van der Waals surface area contributed by atoms with Gasteiger partial charge in [-0.2, -0.15) is 0 Å². The summed E-state index contributed by atoms with van der Waals surface area (Å²) >= 11 is 3.41. The standard InChI is InChI=1S/C13H15BrO3/c1-2-16-13(15)10-5-6-11(14)12(7-10)17-8-9-3-4-9/h5-7,9H,2-4,8H2,1H3. The van der Waals surface area contributed by atoms with Crippen LogP contribution in [0.3, 0.4) is 0 Å². The zero-order valence-electron chi connectivity index (χ0n) is 9.74. The molecule has 1 saturated carbocycles. The number of halogens is 1. The number of hydrogen-bond donors (Lipinski definition) is 0. The number of ether oxygens (including phenoxy) is 2. The molecule has 92 valence electrons. The lowest BCUT2D eigenvalue weighted by Gasteiger charge is -2.09. The van der Waals surface area contributed by atoms with Crippen LogP contribution in [0.5, 0.6) is 5.75 Å². The molecule has 0 radical (unpaired) electrons. The number of esters is 1. The average molecular weight is 299 g/mol. The highest BCUT2D eigenvalue weighted by Gasteiger charge is 2.22. The maximum atomic E-state index is 11.6. The molecule has 0 heterocycles. The summed E-state index contributed by atoms with van der Waals surface area (Å²) in [5.41, 5.74) is 0.529. The Kier molecular flexibility index (Phi) is 4.05. The van der Waals surface area contributed by atoms with E-state index in [0.29, 0.717) is 23.8 Å². The van der Waals surface area contributed by atoms with Crippen LogP contribution in [0.4, 0.5) is 0 Å². The molecule has 1 aromatic carbocycles. The Morgan fingerprint density at radius 2 is 2.24 bits per heavy atom.